The summed E-state index contributed by atoms with van der Waals surface area (Å²) in [7, 11) is 0. The number of rotatable bonds is 5. The molecule has 1 aliphatic rings. The SMILES string of the molecule is c1ccc(-c2n[nH]cc2-c2ccc3ncnc(N4CCOCC4)c3c2)nc1.c1ccc(-c2n[nH]cc2-c2ccc3ocnc3c2)nc1. The van der Waals surface area contributed by atoms with Crippen LogP contribution >= 0.6 is 0 Å². The van der Waals surface area contributed by atoms with Gasteiger partial charge in [0.2, 0.25) is 0 Å². The van der Waals surface area contributed by atoms with Crippen molar-refractivity contribution in [3.8, 4) is 45.0 Å². The van der Waals surface area contributed by atoms with Crippen molar-refractivity contribution in [3.05, 3.63) is 110 Å². The molecule has 0 amide bonds. The van der Waals surface area contributed by atoms with E-state index in [9.17, 15) is 0 Å². The Hall–Kier alpha value is -6.27. The first-order valence-electron chi connectivity index (χ1n) is 15.1. The third kappa shape index (κ3) is 5.69. The highest BCUT2D eigenvalue weighted by Gasteiger charge is 2.18. The van der Waals surface area contributed by atoms with E-state index in [2.05, 4.69) is 62.3 Å². The van der Waals surface area contributed by atoms with Crippen molar-refractivity contribution in [1.82, 2.24) is 45.3 Å². The molecule has 8 aromatic rings. The summed E-state index contributed by atoms with van der Waals surface area (Å²) in [5, 5.41) is 15.6. The second-order valence-corrected chi connectivity index (χ2v) is 10.8. The molecule has 1 fully saturated rings. The molecule has 230 valence electrons. The molecule has 0 atom stereocenters. The number of benzene rings is 2. The normalized spacial score (nSPS) is 13.1. The highest BCUT2D eigenvalue weighted by atomic mass is 16.5. The average molecular weight is 621 g/mol. The number of nitrogens with zero attached hydrogens (tertiary/aromatic N) is 8. The lowest BCUT2D eigenvalue weighted by Crippen LogP contribution is -2.36. The first-order chi connectivity index (χ1) is 23.3. The highest BCUT2D eigenvalue weighted by Crippen LogP contribution is 2.33. The lowest BCUT2D eigenvalue weighted by atomic mass is 10.0. The van der Waals surface area contributed by atoms with E-state index in [0.717, 1.165) is 99.2 Å². The molecule has 0 unspecified atom stereocenters. The molecular formula is C35H28N10O2. The van der Waals surface area contributed by atoms with Crippen LogP contribution in [0, 0.1) is 0 Å². The third-order valence-corrected chi connectivity index (χ3v) is 7.97. The zero-order valence-corrected chi connectivity index (χ0v) is 25.1. The molecular weight excluding hydrogens is 592 g/mol. The average Bonchev–Trinajstić information content (AvgIpc) is 3.94. The van der Waals surface area contributed by atoms with Gasteiger partial charge in [0.05, 0.1) is 30.1 Å². The topological polar surface area (TPSA) is 147 Å². The third-order valence-electron chi connectivity index (χ3n) is 7.97. The van der Waals surface area contributed by atoms with Crippen LogP contribution in [0.1, 0.15) is 0 Å². The van der Waals surface area contributed by atoms with Crippen molar-refractivity contribution in [3.63, 3.8) is 0 Å². The Balaban J connectivity index is 0.000000144. The molecule has 0 radical (unpaired) electrons. The molecule has 7 heterocycles. The number of aromatic amines is 2. The van der Waals surface area contributed by atoms with Crippen LogP contribution in [0.3, 0.4) is 0 Å². The zero-order valence-electron chi connectivity index (χ0n) is 25.1. The van der Waals surface area contributed by atoms with Crippen LogP contribution in [-0.2, 0) is 4.74 Å². The molecule has 0 saturated carbocycles. The molecule has 2 aromatic carbocycles. The number of pyridine rings is 2. The van der Waals surface area contributed by atoms with Crippen LogP contribution in [0.4, 0.5) is 5.82 Å². The van der Waals surface area contributed by atoms with Crippen molar-refractivity contribution in [1.29, 1.82) is 0 Å². The Kier molecular flexibility index (Phi) is 7.58. The summed E-state index contributed by atoms with van der Waals surface area (Å²) in [6, 6.07) is 23.7. The Morgan fingerprint density at radius 2 is 1.32 bits per heavy atom. The van der Waals surface area contributed by atoms with Crippen molar-refractivity contribution < 1.29 is 9.15 Å². The van der Waals surface area contributed by atoms with E-state index >= 15 is 0 Å². The number of ether oxygens (including phenoxy) is 1. The molecule has 12 nitrogen and oxygen atoms in total. The van der Waals surface area contributed by atoms with Gasteiger partial charge in [-0.1, -0.05) is 24.3 Å². The van der Waals surface area contributed by atoms with Gasteiger partial charge in [0.1, 0.15) is 29.0 Å². The molecule has 12 heteroatoms. The molecule has 1 saturated heterocycles. The lowest BCUT2D eigenvalue weighted by molar-refractivity contribution is 0.122. The van der Waals surface area contributed by atoms with Gasteiger partial charge in [-0.15, -0.1) is 0 Å². The summed E-state index contributed by atoms with van der Waals surface area (Å²) in [5.41, 5.74) is 9.96. The summed E-state index contributed by atoms with van der Waals surface area (Å²) >= 11 is 0. The van der Waals surface area contributed by atoms with Crippen LogP contribution in [0.2, 0.25) is 0 Å². The smallest absolute Gasteiger partial charge is 0.181 e. The molecule has 47 heavy (non-hydrogen) atoms. The van der Waals surface area contributed by atoms with Gasteiger partial charge in [-0.25, -0.2) is 15.0 Å². The van der Waals surface area contributed by atoms with Crippen LogP contribution in [-0.4, -0.2) is 71.6 Å². The molecule has 0 aliphatic carbocycles. The fourth-order valence-electron chi connectivity index (χ4n) is 5.68. The molecule has 0 spiro atoms. The minimum Gasteiger partial charge on any atom is -0.443 e. The predicted octanol–water partition coefficient (Wildman–Crippen LogP) is 6.20. The number of anilines is 1. The Labute approximate surface area is 268 Å². The van der Waals surface area contributed by atoms with Gasteiger partial charge in [0.15, 0.2) is 12.0 Å². The molecule has 2 N–H and O–H groups in total. The molecule has 0 bridgehead atoms. The zero-order chi connectivity index (χ0) is 31.4. The van der Waals surface area contributed by atoms with E-state index in [-0.39, 0.29) is 0 Å². The maximum atomic E-state index is 5.48. The first-order valence-corrected chi connectivity index (χ1v) is 15.1. The summed E-state index contributed by atoms with van der Waals surface area (Å²) in [6.45, 7) is 3.11. The minimum absolute atomic E-state index is 0.719. The van der Waals surface area contributed by atoms with Crippen LogP contribution in [0.5, 0.6) is 0 Å². The molecule has 9 rings (SSSR count). The predicted molar refractivity (Wildman–Crippen MR) is 178 cm³/mol. The van der Waals surface area contributed by atoms with Crippen LogP contribution in [0.15, 0.2) is 115 Å². The van der Waals surface area contributed by atoms with Crippen molar-refractivity contribution in [2.45, 2.75) is 0 Å². The van der Waals surface area contributed by atoms with Gasteiger partial charge in [0.25, 0.3) is 0 Å². The highest BCUT2D eigenvalue weighted by molar-refractivity contribution is 5.94. The van der Waals surface area contributed by atoms with Gasteiger partial charge in [-0.05, 0) is 59.7 Å². The van der Waals surface area contributed by atoms with Crippen LogP contribution in [0.25, 0.3) is 67.0 Å². The number of hydrogen-bond acceptors (Lipinski definition) is 10. The van der Waals surface area contributed by atoms with Crippen LogP contribution < -0.4 is 4.90 Å². The summed E-state index contributed by atoms with van der Waals surface area (Å²) in [5.74, 6) is 0.952. The van der Waals surface area contributed by atoms with E-state index in [1.165, 1.54) is 6.39 Å². The number of H-pyrrole nitrogens is 2. The van der Waals surface area contributed by atoms with E-state index < -0.39 is 0 Å². The Morgan fingerprint density at radius 1 is 0.638 bits per heavy atom. The van der Waals surface area contributed by atoms with E-state index in [1.807, 2.05) is 73.1 Å². The number of hydrogen-bond donors (Lipinski definition) is 2. The maximum absolute atomic E-state index is 5.48. The van der Waals surface area contributed by atoms with Gasteiger partial charge in [0, 0.05) is 54.4 Å². The van der Waals surface area contributed by atoms with Crippen molar-refractivity contribution >= 4 is 27.8 Å². The first kappa shape index (κ1) is 28.2. The second kappa shape index (κ2) is 12.6. The second-order valence-electron chi connectivity index (χ2n) is 10.8. The van der Waals surface area contributed by atoms with Gasteiger partial charge >= 0.3 is 0 Å². The van der Waals surface area contributed by atoms with Gasteiger partial charge < -0.3 is 14.1 Å². The van der Waals surface area contributed by atoms with E-state index in [4.69, 9.17) is 9.15 Å². The summed E-state index contributed by atoms with van der Waals surface area (Å²) in [6.07, 6.45) is 10.4. The number of fused-ring (bicyclic) bond motifs is 2. The number of aromatic nitrogens is 9. The summed E-state index contributed by atoms with van der Waals surface area (Å²) in [4.78, 5) is 24.2. The minimum atomic E-state index is 0.719. The largest absolute Gasteiger partial charge is 0.443 e. The number of morpholine rings is 1. The van der Waals surface area contributed by atoms with E-state index in [1.54, 1.807) is 18.7 Å². The van der Waals surface area contributed by atoms with E-state index in [0.29, 0.717) is 0 Å². The maximum Gasteiger partial charge on any atom is 0.181 e. The molecule has 1 aliphatic heterocycles. The fourth-order valence-corrected chi connectivity index (χ4v) is 5.68. The Bertz CT molecular complexity index is 2260. The summed E-state index contributed by atoms with van der Waals surface area (Å²) < 4.78 is 10.7. The molecule has 6 aromatic heterocycles. The number of nitrogens with one attached hydrogen (secondary N) is 2. The quantitative estimate of drug-likeness (QED) is 0.228. The standard InChI is InChI=1S/C20H18N6O.C15H10N4O/c1-2-6-21-18(3-1)19-16(12-24-25-19)14-4-5-17-15(11-14)20(23-13-22-17)26-7-9-27-10-8-26;1-2-6-16-12(3-1)15-11(8-18-19-15)10-4-5-14-13(7-10)17-9-20-14/h1-6,11-13H,7-10H2,(H,24,25);1-9H,(H,18,19). The van der Waals surface area contributed by atoms with Crippen molar-refractivity contribution in [2.24, 2.45) is 0 Å². The van der Waals surface area contributed by atoms with Gasteiger partial charge in [-0.2, -0.15) is 10.2 Å². The Morgan fingerprint density at radius 3 is 2.00 bits per heavy atom. The van der Waals surface area contributed by atoms with Crippen molar-refractivity contribution in [2.75, 3.05) is 31.2 Å². The monoisotopic (exact) mass is 620 g/mol. The lowest BCUT2D eigenvalue weighted by Gasteiger charge is -2.28. The number of oxazole rings is 1. The van der Waals surface area contributed by atoms with Gasteiger partial charge in [-0.3, -0.25) is 20.2 Å². The fraction of sp³-hybridized carbons (Fsp3) is 0.114.